The van der Waals surface area contributed by atoms with Crippen molar-refractivity contribution in [1.82, 2.24) is 9.78 Å². The molecule has 96 valence electrons. The Morgan fingerprint density at radius 2 is 1.83 bits per heavy atom. The number of benzene rings is 1. The molecule has 0 bridgehead atoms. The van der Waals surface area contributed by atoms with Gasteiger partial charge in [0.25, 0.3) is 0 Å². The molecule has 1 aromatic heterocycles. The van der Waals surface area contributed by atoms with Gasteiger partial charge in [-0.25, -0.2) is 13.5 Å². The first-order valence-corrected chi connectivity index (χ1v) is 4.66. The van der Waals surface area contributed by atoms with E-state index in [0.29, 0.717) is 23.1 Å². The third kappa shape index (κ3) is 2.13. The minimum absolute atomic E-state index is 0.289. The summed E-state index contributed by atoms with van der Waals surface area (Å²) >= 11 is 0. The van der Waals surface area contributed by atoms with Gasteiger partial charge in [-0.15, -0.1) is 0 Å². The Morgan fingerprint density at radius 1 is 1.17 bits per heavy atom. The molecular formula is C10H6F5N3. The topological polar surface area (TPSA) is 43.8 Å². The second-order valence-electron chi connectivity index (χ2n) is 3.49. The highest BCUT2D eigenvalue weighted by Crippen LogP contribution is 2.30. The zero-order valence-corrected chi connectivity index (χ0v) is 8.67. The highest BCUT2D eigenvalue weighted by atomic mass is 19.4. The van der Waals surface area contributed by atoms with Crippen LogP contribution in [0.5, 0.6) is 0 Å². The fraction of sp³-hybridized carbons (Fsp3) is 0.100. The van der Waals surface area contributed by atoms with Crippen molar-refractivity contribution < 1.29 is 22.0 Å². The van der Waals surface area contributed by atoms with E-state index in [1.54, 1.807) is 0 Å². The summed E-state index contributed by atoms with van der Waals surface area (Å²) in [5, 5.41) is 3.38. The Morgan fingerprint density at radius 3 is 2.39 bits per heavy atom. The van der Waals surface area contributed by atoms with Crippen molar-refractivity contribution in [3.05, 3.63) is 41.7 Å². The number of nitrogens with zero attached hydrogens (tertiary/aromatic N) is 2. The van der Waals surface area contributed by atoms with Crippen molar-refractivity contribution in [3.8, 4) is 5.69 Å². The summed E-state index contributed by atoms with van der Waals surface area (Å²) < 4.78 is 63.8. The van der Waals surface area contributed by atoms with Gasteiger partial charge in [0.05, 0.1) is 23.1 Å². The molecule has 0 atom stereocenters. The van der Waals surface area contributed by atoms with Gasteiger partial charge >= 0.3 is 6.18 Å². The number of nitrogens with two attached hydrogens (primary N) is 1. The maximum absolute atomic E-state index is 13.1. The molecule has 18 heavy (non-hydrogen) atoms. The first kappa shape index (κ1) is 12.3. The zero-order chi connectivity index (χ0) is 13.5. The van der Waals surface area contributed by atoms with Crippen LogP contribution in [0.2, 0.25) is 0 Å². The van der Waals surface area contributed by atoms with Gasteiger partial charge in [-0.05, 0) is 0 Å². The molecular weight excluding hydrogens is 257 g/mol. The second-order valence-corrected chi connectivity index (χ2v) is 3.49. The van der Waals surface area contributed by atoms with E-state index in [4.69, 9.17) is 5.73 Å². The number of alkyl halides is 3. The molecule has 0 aliphatic carbocycles. The largest absolute Gasteiger partial charge is 0.419 e. The summed E-state index contributed by atoms with van der Waals surface area (Å²) in [6, 6.07) is 1.33. The second kappa shape index (κ2) is 3.97. The first-order valence-electron chi connectivity index (χ1n) is 4.66. The Labute approximate surface area is 97.6 Å². The van der Waals surface area contributed by atoms with Crippen LogP contribution in [0.4, 0.5) is 27.6 Å². The van der Waals surface area contributed by atoms with Crippen LogP contribution < -0.4 is 5.73 Å². The van der Waals surface area contributed by atoms with Crippen LogP contribution in [0.25, 0.3) is 5.69 Å². The van der Waals surface area contributed by atoms with Gasteiger partial charge in [-0.1, -0.05) is 0 Å². The fourth-order valence-electron chi connectivity index (χ4n) is 1.36. The van der Waals surface area contributed by atoms with Crippen molar-refractivity contribution in [2.24, 2.45) is 0 Å². The molecule has 0 fully saturated rings. The Balaban J connectivity index is 2.53. The number of hydrogen-bond donors (Lipinski definition) is 1. The van der Waals surface area contributed by atoms with E-state index in [2.05, 4.69) is 5.10 Å². The van der Waals surface area contributed by atoms with Crippen molar-refractivity contribution in [2.45, 2.75) is 6.18 Å². The van der Waals surface area contributed by atoms with Crippen LogP contribution in [-0.2, 0) is 6.18 Å². The molecule has 8 heteroatoms. The molecule has 0 radical (unpaired) electrons. The minimum Gasteiger partial charge on any atom is -0.395 e. The number of hydrogen-bond acceptors (Lipinski definition) is 2. The summed E-state index contributed by atoms with van der Waals surface area (Å²) in [4.78, 5) is 0. The van der Waals surface area contributed by atoms with Gasteiger partial charge in [-0.2, -0.15) is 18.3 Å². The quantitative estimate of drug-likeness (QED) is 0.635. The predicted molar refractivity (Wildman–Crippen MR) is 52.9 cm³/mol. The average Bonchev–Trinajstić information content (AvgIpc) is 2.71. The molecule has 0 aliphatic rings. The first-order chi connectivity index (χ1) is 8.29. The Bertz CT molecular complexity index is 588. The molecule has 1 heterocycles. The van der Waals surface area contributed by atoms with Crippen LogP contribution in [0.3, 0.4) is 0 Å². The van der Waals surface area contributed by atoms with Gasteiger partial charge in [0.1, 0.15) is 5.82 Å². The lowest BCUT2D eigenvalue weighted by Gasteiger charge is -2.07. The van der Waals surface area contributed by atoms with E-state index in [-0.39, 0.29) is 5.69 Å². The number of nitrogen functional groups attached to an aromatic ring is 1. The van der Waals surface area contributed by atoms with Crippen LogP contribution in [0.1, 0.15) is 5.56 Å². The molecule has 0 spiro atoms. The lowest BCUT2D eigenvalue weighted by atomic mass is 10.2. The summed E-state index contributed by atoms with van der Waals surface area (Å²) in [5.41, 5.74) is 3.52. The Kier molecular flexibility index (Phi) is 2.72. The molecule has 2 aromatic rings. The van der Waals surface area contributed by atoms with Crippen molar-refractivity contribution >= 4 is 5.69 Å². The maximum atomic E-state index is 13.1. The average molecular weight is 263 g/mol. The van der Waals surface area contributed by atoms with E-state index in [0.717, 1.165) is 6.07 Å². The molecule has 0 unspecified atom stereocenters. The fourth-order valence-corrected chi connectivity index (χ4v) is 1.36. The molecule has 1 aromatic carbocycles. The van der Waals surface area contributed by atoms with Crippen LogP contribution in [0.15, 0.2) is 24.5 Å². The highest BCUT2D eigenvalue weighted by Gasteiger charge is 2.32. The number of aromatic nitrogens is 2. The monoisotopic (exact) mass is 263 g/mol. The number of anilines is 1. The van der Waals surface area contributed by atoms with Crippen molar-refractivity contribution in [2.75, 3.05) is 5.73 Å². The van der Waals surface area contributed by atoms with E-state index in [9.17, 15) is 22.0 Å². The summed E-state index contributed by atoms with van der Waals surface area (Å²) in [6.45, 7) is 0. The van der Waals surface area contributed by atoms with Crippen molar-refractivity contribution in [3.63, 3.8) is 0 Å². The normalized spacial score (nSPS) is 11.8. The third-order valence-corrected chi connectivity index (χ3v) is 2.23. The predicted octanol–water partition coefficient (Wildman–Crippen LogP) is 2.75. The van der Waals surface area contributed by atoms with E-state index in [1.807, 2.05) is 0 Å². The lowest BCUT2D eigenvalue weighted by molar-refractivity contribution is -0.137. The Hall–Kier alpha value is -2.12. The number of halogens is 5. The molecule has 3 nitrogen and oxygen atoms in total. The summed E-state index contributed by atoms with van der Waals surface area (Å²) in [7, 11) is 0. The van der Waals surface area contributed by atoms with Gasteiger partial charge in [0.15, 0.2) is 5.82 Å². The van der Waals surface area contributed by atoms with Gasteiger partial charge < -0.3 is 5.73 Å². The van der Waals surface area contributed by atoms with Gasteiger partial charge in [0.2, 0.25) is 0 Å². The summed E-state index contributed by atoms with van der Waals surface area (Å²) in [6.07, 6.45) is -3.44. The highest BCUT2D eigenvalue weighted by molar-refractivity contribution is 5.58. The molecule has 0 saturated heterocycles. The SMILES string of the molecule is Nc1c(F)cc(F)cc1-n1cc(C(F)(F)F)cn1. The zero-order valence-electron chi connectivity index (χ0n) is 8.67. The van der Waals surface area contributed by atoms with E-state index in [1.165, 1.54) is 0 Å². The van der Waals surface area contributed by atoms with Gasteiger partial charge in [-0.3, -0.25) is 0 Å². The van der Waals surface area contributed by atoms with Crippen LogP contribution >= 0.6 is 0 Å². The van der Waals surface area contributed by atoms with Gasteiger partial charge in [0, 0.05) is 18.3 Å². The molecule has 0 amide bonds. The molecule has 2 rings (SSSR count). The van der Waals surface area contributed by atoms with Crippen molar-refractivity contribution in [1.29, 1.82) is 0 Å². The van der Waals surface area contributed by atoms with Crippen LogP contribution in [0, 0.1) is 11.6 Å². The van der Waals surface area contributed by atoms with E-state index >= 15 is 0 Å². The minimum atomic E-state index is -4.58. The maximum Gasteiger partial charge on any atom is 0.419 e. The van der Waals surface area contributed by atoms with Crippen LogP contribution in [-0.4, -0.2) is 9.78 Å². The molecule has 2 N–H and O–H groups in total. The lowest BCUT2D eigenvalue weighted by Crippen LogP contribution is -2.05. The van der Waals surface area contributed by atoms with E-state index < -0.39 is 29.1 Å². The molecule has 0 saturated carbocycles. The smallest absolute Gasteiger partial charge is 0.395 e. The summed E-state index contributed by atoms with van der Waals surface area (Å²) in [5.74, 6) is -2.02. The third-order valence-electron chi connectivity index (χ3n) is 2.23. The molecule has 0 aliphatic heterocycles. The number of rotatable bonds is 1. The standard InChI is InChI=1S/C10H6F5N3/c11-6-1-7(12)9(16)8(2-6)18-4-5(3-17-18)10(13,14)15/h1-4H,16H2.